The highest BCUT2D eigenvalue weighted by Crippen LogP contribution is 2.40. The van der Waals surface area contributed by atoms with Crippen LogP contribution in [0.1, 0.15) is 43.0 Å². The summed E-state index contributed by atoms with van der Waals surface area (Å²) in [6.45, 7) is 1.95. The van der Waals surface area contributed by atoms with Gasteiger partial charge in [-0.05, 0) is 56.0 Å². The van der Waals surface area contributed by atoms with Crippen LogP contribution >= 0.6 is 0 Å². The lowest BCUT2D eigenvalue weighted by molar-refractivity contribution is -0.137. The van der Waals surface area contributed by atoms with E-state index in [2.05, 4.69) is 11.1 Å². The van der Waals surface area contributed by atoms with Crippen LogP contribution in [0.3, 0.4) is 0 Å². The highest BCUT2D eigenvalue weighted by atomic mass is 16.5. The molecule has 0 bridgehead atoms. The lowest BCUT2D eigenvalue weighted by Crippen LogP contribution is -2.42. The molecule has 182 valence electrons. The molecule has 3 aromatic rings. The van der Waals surface area contributed by atoms with Crippen molar-refractivity contribution in [2.75, 3.05) is 38.8 Å². The van der Waals surface area contributed by atoms with Crippen molar-refractivity contribution in [1.29, 1.82) is 5.26 Å². The van der Waals surface area contributed by atoms with E-state index < -0.39 is 0 Å². The first-order valence-corrected chi connectivity index (χ1v) is 11.8. The van der Waals surface area contributed by atoms with E-state index in [4.69, 9.17) is 18.3 Å². The number of anilines is 1. The number of likely N-dealkylation sites (tertiary alicyclic amines) is 1. The molecule has 4 heterocycles. The maximum absolute atomic E-state index is 13.6. The van der Waals surface area contributed by atoms with Crippen LogP contribution in [-0.4, -0.2) is 49.6 Å². The van der Waals surface area contributed by atoms with Crippen LogP contribution in [0.2, 0.25) is 0 Å². The second-order valence-electron chi connectivity index (χ2n) is 8.82. The highest BCUT2D eigenvalue weighted by molar-refractivity contribution is 5.80. The first-order valence-electron chi connectivity index (χ1n) is 11.8. The zero-order valence-electron chi connectivity index (χ0n) is 19.9. The molecule has 35 heavy (non-hydrogen) atoms. The normalized spacial score (nSPS) is 18.5. The molecule has 0 unspecified atom stereocenters. The Bertz CT molecular complexity index is 1220. The predicted octanol–water partition coefficient (Wildman–Crippen LogP) is 4.40. The molecule has 0 N–H and O–H groups in total. The van der Waals surface area contributed by atoms with Gasteiger partial charge in [-0.25, -0.2) is 0 Å². The average molecular weight is 477 g/mol. The maximum atomic E-state index is 13.6. The number of hydrogen-bond donors (Lipinski definition) is 0. The van der Waals surface area contributed by atoms with Crippen molar-refractivity contribution < 1.29 is 23.1 Å². The zero-order valence-corrected chi connectivity index (χ0v) is 19.9. The van der Waals surface area contributed by atoms with Crippen LogP contribution in [0.5, 0.6) is 11.5 Å². The number of nitriles is 1. The summed E-state index contributed by atoms with van der Waals surface area (Å²) < 4.78 is 22.2. The van der Waals surface area contributed by atoms with E-state index in [0.29, 0.717) is 37.6 Å². The van der Waals surface area contributed by atoms with Crippen molar-refractivity contribution in [3.63, 3.8) is 0 Å². The molecule has 2 aromatic heterocycles. The number of benzene rings is 1. The fourth-order valence-electron chi connectivity index (χ4n) is 5.12. The number of rotatable bonds is 6. The molecule has 0 saturated carbocycles. The number of carbonyl (C=O) groups is 1. The van der Waals surface area contributed by atoms with Gasteiger partial charge in [-0.2, -0.15) is 10.2 Å². The summed E-state index contributed by atoms with van der Waals surface area (Å²) in [4.78, 5) is 21.9. The monoisotopic (exact) mass is 476 g/mol. The molecular formula is C26H28N4O5. The van der Waals surface area contributed by atoms with Gasteiger partial charge in [0.25, 0.3) is 5.89 Å². The van der Waals surface area contributed by atoms with E-state index in [-0.39, 0.29) is 29.5 Å². The van der Waals surface area contributed by atoms with Gasteiger partial charge in [0.1, 0.15) is 17.6 Å². The minimum atomic E-state index is -0.0820. The summed E-state index contributed by atoms with van der Waals surface area (Å²) in [6.07, 6.45) is 4.75. The molecule has 0 radical (unpaired) electrons. The van der Waals surface area contributed by atoms with E-state index in [1.165, 1.54) is 6.26 Å². The summed E-state index contributed by atoms with van der Waals surface area (Å²) in [5.41, 5.74) is 1.21. The van der Waals surface area contributed by atoms with Crippen LogP contribution in [0, 0.1) is 17.2 Å². The number of carbonyl (C=O) groups excluding carboxylic acids is 1. The van der Waals surface area contributed by atoms with Crippen LogP contribution in [0.15, 0.2) is 45.4 Å². The van der Waals surface area contributed by atoms with Crippen LogP contribution in [-0.2, 0) is 4.79 Å². The predicted molar refractivity (Wildman–Crippen MR) is 127 cm³/mol. The van der Waals surface area contributed by atoms with Crippen molar-refractivity contribution in [2.24, 2.45) is 5.92 Å². The topological polar surface area (TPSA) is 105 Å². The molecule has 0 spiro atoms. The number of hydrogen-bond acceptors (Lipinski definition) is 8. The second-order valence-corrected chi connectivity index (χ2v) is 8.82. The summed E-state index contributed by atoms with van der Waals surface area (Å²) >= 11 is 0. The van der Waals surface area contributed by atoms with Crippen molar-refractivity contribution >= 4 is 11.8 Å². The van der Waals surface area contributed by atoms with Crippen LogP contribution < -0.4 is 14.4 Å². The Morgan fingerprint density at radius 3 is 2.66 bits per heavy atom. The maximum Gasteiger partial charge on any atom is 0.266 e. The molecule has 9 nitrogen and oxygen atoms in total. The first kappa shape index (κ1) is 22.8. The minimum Gasteiger partial charge on any atom is -0.497 e. The van der Waals surface area contributed by atoms with Gasteiger partial charge < -0.3 is 28.1 Å². The van der Waals surface area contributed by atoms with Crippen molar-refractivity contribution in [2.45, 2.75) is 31.7 Å². The number of furan rings is 1. The number of methoxy groups -OCH3 is 2. The second kappa shape index (κ2) is 9.74. The Balaban J connectivity index is 1.29. The number of amides is 1. The van der Waals surface area contributed by atoms with Gasteiger partial charge in [-0.15, -0.1) is 0 Å². The molecular weight excluding hydrogens is 448 g/mol. The van der Waals surface area contributed by atoms with Crippen LogP contribution in [0.25, 0.3) is 11.7 Å². The Kier molecular flexibility index (Phi) is 6.36. The van der Waals surface area contributed by atoms with E-state index >= 15 is 0 Å². The molecule has 0 aliphatic carbocycles. The quantitative estimate of drug-likeness (QED) is 0.515. The molecule has 1 aromatic carbocycles. The van der Waals surface area contributed by atoms with Gasteiger partial charge in [-0.1, -0.05) is 0 Å². The number of piperidine rings is 1. The first-order chi connectivity index (χ1) is 17.1. The largest absolute Gasteiger partial charge is 0.497 e. The summed E-state index contributed by atoms with van der Waals surface area (Å²) in [7, 11) is 3.29. The average Bonchev–Trinajstić information content (AvgIpc) is 3.68. The van der Waals surface area contributed by atoms with Gasteiger partial charge in [0, 0.05) is 31.1 Å². The Hall–Kier alpha value is -3.93. The van der Waals surface area contributed by atoms with Crippen LogP contribution in [0.4, 0.5) is 5.88 Å². The third-order valence-electron chi connectivity index (χ3n) is 6.91. The molecule has 2 aliphatic heterocycles. The highest BCUT2D eigenvalue weighted by Gasteiger charge is 2.37. The summed E-state index contributed by atoms with van der Waals surface area (Å²) in [6, 6.07) is 11.3. The fourth-order valence-corrected chi connectivity index (χ4v) is 5.12. The summed E-state index contributed by atoms with van der Waals surface area (Å²) in [5.74, 6) is 2.81. The lowest BCUT2D eigenvalue weighted by Gasteiger charge is -2.35. The molecule has 1 amide bonds. The number of oxazole rings is 1. The fraction of sp³-hybridized carbons (Fsp3) is 0.423. The van der Waals surface area contributed by atoms with Crippen molar-refractivity contribution in [3.05, 3.63) is 47.9 Å². The Morgan fingerprint density at radius 1 is 1.14 bits per heavy atom. The molecule has 2 saturated heterocycles. The van der Waals surface area contributed by atoms with Gasteiger partial charge in [0.15, 0.2) is 5.76 Å². The third kappa shape index (κ3) is 4.32. The standard InChI is InChI=1S/C26H28N4O5/c1-32-18-7-8-22(33-2)19(15-18)21-5-3-11-30(21)25(31)17-9-12-29(13-10-17)26-20(16-27)28-24(35-26)23-6-4-14-34-23/h4,6-8,14-15,17,21H,3,5,9-13H2,1-2H3/t21-/m0/s1. The van der Waals surface area contributed by atoms with E-state index in [1.54, 1.807) is 26.4 Å². The third-order valence-corrected chi connectivity index (χ3v) is 6.91. The molecule has 1 atom stereocenters. The summed E-state index contributed by atoms with van der Waals surface area (Å²) in [5, 5.41) is 9.55. The smallest absolute Gasteiger partial charge is 0.266 e. The lowest BCUT2D eigenvalue weighted by atomic mass is 9.94. The van der Waals surface area contributed by atoms with Gasteiger partial charge in [0.05, 0.1) is 26.5 Å². The van der Waals surface area contributed by atoms with Gasteiger partial charge >= 0.3 is 0 Å². The van der Waals surface area contributed by atoms with E-state index in [0.717, 1.165) is 36.4 Å². The molecule has 2 aliphatic rings. The van der Waals surface area contributed by atoms with Gasteiger partial charge in [-0.3, -0.25) is 4.79 Å². The molecule has 9 heteroatoms. The SMILES string of the molecule is COc1ccc(OC)c([C@@H]2CCCN2C(=O)C2CCN(c3oc(-c4ccco4)nc3C#N)CC2)c1. The van der Waals surface area contributed by atoms with Gasteiger partial charge in [0.2, 0.25) is 17.5 Å². The zero-order chi connectivity index (χ0) is 24.4. The van der Waals surface area contributed by atoms with Crippen molar-refractivity contribution in [3.8, 4) is 29.2 Å². The number of aromatic nitrogens is 1. The Morgan fingerprint density at radius 2 is 1.97 bits per heavy atom. The number of nitrogens with zero attached hydrogens (tertiary/aromatic N) is 4. The molecule has 5 rings (SSSR count). The van der Waals surface area contributed by atoms with Crippen molar-refractivity contribution in [1.82, 2.24) is 9.88 Å². The Labute approximate surface area is 203 Å². The molecule has 2 fully saturated rings. The van der Waals surface area contributed by atoms with E-state index in [1.807, 2.05) is 28.0 Å². The minimum absolute atomic E-state index is 0.0269. The van der Waals surface area contributed by atoms with E-state index in [9.17, 15) is 10.1 Å². The number of ether oxygens (including phenoxy) is 2.